The first-order valence-electron chi connectivity index (χ1n) is 19.5. The van der Waals surface area contributed by atoms with Crippen molar-refractivity contribution in [3.63, 3.8) is 0 Å². The standard InChI is InChI=1S/C52H40N2S/c1-52(2)44-32-34(26-29-40(44)41-30-27-36(33-45(41)52)53-31-13-15-35-14-3-8-20-46(35)53)25-28-39-37-16-4-6-18-42(37)51(43-19-7-5-17-38(39)43)54-47-21-9-11-23-49(47)55-50-24-12-10-22-48(50)54/h3-12,14,16-30,32-33H,13,15,31H2,1-2H3. The summed E-state index contributed by atoms with van der Waals surface area (Å²) < 4.78 is 0. The van der Waals surface area contributed by atoms with Crippen molar-refractivity contribution in [2.75, 3.05) is 16.3 Å². The molecule has 0 atom stereocenters. The number of benzene rings is 8. The first kappa shape index (κ1) is 32.4. The topological polar surface area (TPSA) is 6.48 Å². The summed E-state index contributed by atoms with van der Waals surface area (Å²) in [7, 11) is 0. The molecular formula is C52H40N2S. The highest BCUT2D eigenvalue weighted by Crippen LogP contribution is 2.55. The van der Waals surface area contributed by atoms with Gasteiger partial charge in [0.1, 0.15) is 0 Å². The van der Waals surface area contributed by atoms with E-state index in [0.717, 1.165) is 13.0 Å². The van der Waals surface area contributed by atoms with Crippen LogP contribution in [-0.2, 0) is 11.8 Å². The van der Waals surface area contributed by atoms with Gasteiger partial charge in [0.25, 0.3) is 0 Å². The SMILES string of the molecule is CC1(C)c2cc(C=Cc3c4ccccc4c(N4c5ccccc5Sc5ccccc54)c4ccccc34)ccc2-c2ccc(N3CCCc4ccccc43)cc21. The average Bonchev–Trinajstić information content (AvgIpc) is 3.46. The van der Waals surface area contributed by atoms with Gasteiger partial charge in [0.05, 0.1) is 17.1 Å². The molecule has 3 aliphatic rings. The van der Waals surface area contributed by atoms with Crippen LogP contribution < -0.4 is 9.80 Å². The van der Waals surface area contributed by atoms with Gasteiger partial charge < -0.3 is 9.80 Å². The van der Waals surface area contributed by atoms with Crippen molar-refractivity contribution < 1.29 is 0 Å². The number of nitrogens with zero attached hydrogens (tertiary/aromatic N) is 2. The van der Waals surface area contributed by atoms with Crippen molar-refractivity contribution in [2.24, 2.45) is 0 Å². The van der Waals surface area contributed by atoms with Gasteiger partial charge in [-0.05, 0) is 105 Å². The summed E-state index contributed by atoms with van der Waals surface area (Å²) >= 11 is 1.85. The summed E-state index contributed by atoms with van der Waals surface area (Å²) in [5, 5.41) is 4.99. The molecule has 0 unspecified atom stereocenters. The molecular weight excluding hydrogens is 685 g/mol. The number of anilines is 5. The van der Waals surface area contributed by atoms with Gasteiger partial charge in [-0.1, -0.05) is 153 Å². The van der Waals surface area contributed by atoms with Crippen molar-refractivity contribution in [2.45, 2.75) is 41.9 Å². The van der Waals surface area contributed by atoms with Crippen molar-refractivity contribution >= 4 is 73.9 Å². The maximum atomic E-state index is 2.52. The number of fused-ring (bicyclic) bond motifs is 8. The lowest BCUT2D eigenvalue weighted by Gasteiger charge is -2.34. The van der Waals surface area contributed by atoms with Crippen LogP contribution in [0.4, 0.5) is 28.4 Å². The third-order valence-corrected chi connectivity index (χ3v) is 13.3. The summed E-state index contributed by atoms with van der Waals surface area (Å²) in [4.78, 5) is 7.56. The molecule has 8 aromatic rings. The third-order valence-electron chi connectivity index (χ3n) is 12.1. The largest absolute Gasteiger partial charge is 0.341 e. The second kappa shape index (κ2) is 12.5. The van der Waals surface area contributed by atoms with Gasteiger partial charge in [0, 0.05) is 43.9 Å². The first-order chi connectivity index (χ1) is 27.0. The lowest BCUT2D eigenvalue weighted by Crippen LogP contribution is -2.25. The summed E-state index contributed by atoms with van der Waals surface area (Å²) in [6.45, 7) is 5.85. The van der Waals surface area contributed by atoms with Crippen molar-refractivity contribution in [1.29, 1.82) is 0 Å². The van der Waals surface area contributed by atoms with Crippen LogP contribution in [-0.4, -0.2) is 6.54 Å². The molecule has 2 heterocycles. The Labute approximate surface area is 327 Å². The summed E-state index contributed by atoms with van der Waals surface area (Å²) in [6.07, 6.45) is 7.01. The van der Waals surface area contributed by atoms with Gasteiger partial charge in [0.15, 0.2) is 0 Å². The maximum Gasteiger partial charge on any atom is 0.0619 e. The molecule has 0 saturated heterocycles. The van der Waals surface area contributed by atoms with Crippen LogP contribution in [0.15, 0.2) is 168 Å². The van der Waals surface area contributed by atoms with Crippen molar-refractivity contribution in [3.8, 4) is 11.1 Å². The lowest BCUT2D eigenvalue weighted by molar-refractivity contribution is 0.659. The van der Waals surface area contributed by atoms with E-state index < -0.39 is 0 Å². The van der Waals surface area contributed by atoms with Crippen LogP contribution in [0.5, 0.6) is 0 Å². The molecule has 2 nitrogen and oxygen atoms in total. The zero-order chi connectivity index (χ0) is 36.7. The van der Waals surface area contributed by atoms with Gasteiger partial charge in [-0.15, -0.1) is 0 Å². The number of aryl methyl sites for hydroxylation is 1. The fourth-order valence-electron chi connectivity index (χ4n) is 9.50. The summed E-state index contributed by atoms with van der Waals surface area (Å²) in [5.74, 6) is 0. The van der Waals surface area contributed by atoms with E-state index in [-0.39, 0.29) is 5.41 Å². The molecule has 2 aliphatic heterocycles. The van der Waals surface area contributed by atoms with Gasteiger partial charge in [-0.2, -0.15) is 0 Å². The normalized spacial score (nSPS) is 15.2. The van der Waals surface area contributed by atoms with E-state index in [1.165, 1.54) is 105 Å². The molecule has 0 spiro atoms. The smallest absolute Gasteiger partial charge is 0.0619 e. The zero-order valence-corrected chi connectivity index (χ0v) is 31.9. The van der Waals surface area contributed by atoms with Gasteiger partial charge in [-0.25, -0.2) is 0 Å². The molecule has 0 radical (unpaired) electrons. The molecule has 0 fully saturated rings. The van der Waals surface area contributed by atoms with Crippen LogP contribution in [0, 0.1) is 0 Å². The number of para-hydroxylation sites is 3. The Hall–Kier alpha value is -6.03. The highest BCUT2D eigenvalue weighted by molar-refractivity contribution is 7.99. The molecule has 55 heavy (non-hydrogen) atoms. The fourth-order valence-corrected chi connectivity index (χ4v) is 10.6. The van der Waals surface area contributed by atoms with Crippen molar-refractivity contribution in [3.05, 3.63) is 186 Å². The minimum absolute atomic E-state index is 0.111. The monoisotopic (exact) mass is 724 g/mol. The van der Waals surface area contributed by atoms with Crippen LogP contribution in [0.3, 0.4) is 0 Å². The van der Waals surface area contributed by atoms with Gasteiger partial charge in [-0.3, -0.25) is 0 Å². The zero-order valence-electron chi connectivity index (χ0n) is 31.1. The number of rotatable bonds is 4. The summed E-state index contributed by atoms with van der Waals surface area (Å²) in [5.41, 5.74) is 15.6. The molecule has 264 valence electrons. The van der Waals surface area contributed by atoms with Crippen molar-refractivity contribution in [1.82, 2.24) is 0 Å². The second-order valence-electron chi connectivity index (χ2n) is 15.6. The van der Waals surface area contributed by atoms with E-state index in [2.05, 4.69) is 194 Å². The molecule has 0 N–H and O–H groups in total. The van der Waals surface area contributed by atoms with E-state index in [9.17, 15) is 0 Å². The van der Waals surface area contributed by atoms with Crippen LogP contribution in [0.25, 0.3) is 44.8 Å². The fraction of sp³-hybridized carbons (Fsp3) is 0.115. The summed E-state index contributed by atoms with van der Waals surface area (Å²) in [6, 6.07) is 58.7. The Morgan fingerprint density at radius 2 is 1.11 bits per heavy atom. The second-order valence-corrected chi connectivity index (χ2v) is 16.7. The lowest BCUT2D eigenvalue weighted by atomic mass is 9.81. The molecule has 1 aliphatic carbocycles. The van der Waals surface area contributed by atoms with Crippen LogP contribution >= 0.6 is 11.8 Å². The first-order valence-corrected chi connectivity index (χ1v) is 20.3. The molecule has 0 saturated carbocycles. The Morgan fingerprint density at radius 3 is 1.80 bits per heavy atom. The van der Waals surface area contributed by atoms with E-state index in [1.54, 1.807) is 0 Å². The minimum atomic E-state index is -0.111. The quantitative estimate of drug-likeness (QED) is 0.132. The van der Waals surface area contributed by atoms with E-state index in [4.69, 9.17) is 0 Å². The van der Waals surface area contributed by atoms with Crippen LogP contribution in [0.1, 0.15) is 48.1 Å². The van der Waals surface area contributed by atoms with Gasteiger partial charge >= 0.3 is 0 Å². The highest BCUT2D eigenvalue weighted by Gasteiger charge is 2.36. The predicted molar refractivity (Wildman–Crippen MR) is 235 cm³/mol. The maximum absolute atomic E-state index is 2.52. The van der Waals surface area contributed by atoms with Gasteiger partial charge in [0.2, 0.25) is 0 Å². The Morgan fingerprint density at radius 1 is 0.545 bits per heavy atom. The Bertz CT molecular complexity index is 2780. The Kier molecular flexibility index (Phi) is 7.37. The molecule has 8 aromatic carbocycles. The Balaban J connectivity index is 1.01. The third kappa shape index (κ3) is 5.03. The highest BCUT2D eigenvalue weighted by atomic mass is 32.2. The molecule has 3 heteroatoms. The minimum Gasteiger partial charge on any atom is -0.341 e. The predicted octanol–water partition coefficient (Wildman–Crippen LogP) is 14.5. The number of hydrogen-bond donors (Lipinski definition) is 0. The average molecular weight is 725 g/mol. The molecule has 0 bridgehead atoms. The molecule has 0 aromatic heterocycles. The van der Waals surface area contributed by atoms with E-state index in [0.29, 0.717) is 0 Å². The van der Waals surface area contributed by atoms with Crippen LogP contribution in [0.2, 0.25) is 0 Å². The van der Waals surface area contributed by atoms with E-state index in [1.807, 2.05) is 11.8 Å². The molecule has 11 rings (SSSR count). The molecule has 0 amide bonds. The number of hydrogen-bond acceptors (Lipinski definition) is 3. The van der Waals surface area contributed by atoms with E-state index >= 15 is 0 Å².